The monoisotopic (exact) mass is 342 g/mol. The third kappa shape index (κ3) is 2.77. The Hall–Kier alpha value is -3.09. The van der Waals surface area contributed by atoms with Crippen LogP contribution in [0.2, 0.25) is 0 Å². The molecule has 120 valence electrons. The number of carbonyl (C=O) groups excluding carboxylic acids is 1. The molecule has 3 heteroatoms. The molecule has 0 amide bonds. The Morgan fingerprint density at radius 1 is 0.920 bits per heavy atom. The fraction of sp³-hybridized carbons (Fsp3) is 0.0455. The van der Waals surface area contributed by atoms with Crippen LogP contribution < -0.4 is 4.74 Å². The van der Waals surface area contributed by atoms with Gasteiger partial charge in [-0.2, -0.15) is 0 Å². The number of carbonyl (C=O) groups is 1. The third-order valence-corrected chi connectivity index (χ3v) is 5.30. The van der Waals surface area contributed by atoms with Gasteiger partial charge in [-0.1, -0.05) is 48.2 Å². The van der Waals surface area contributed by atoms with E-state index in [2.05, 4.69) is 36.1 Å². The molecule has 0 spiro atoms. The molecule has 1 heterocycles. The van der Waals surface area contributed by atoms with Gasteiger partial charge in [-0.15, -0.1) is 11.3 Å². The zero-order valence-electron chi connectivity index (χ0n) is 13.6. The van der Waals surface area contributed by atoms with Gasteiger partial charge < -0.3 is 4.74 Å². The summed E-state index contributed by atoms with van der Waals surface area (Å²) in [6, 6.07) is 19.9. The van der Waals surface area contributed by atoms with Crippen molar-refractivity contribution in [1.29, 1.82) is 0 Å². The second-order valence-corrected chi connectivity index (χ2v) is 6.65. The summed E-state index contributed by atoms with van der Waals surface area (Å²) in [5.41, 5.74) is 1.69. The first-order chi connectivity index (χ1) is 12.3. The minimum atomic E-state index is 0.673. The van der Waals surface area contributed by atoms with Crippen molar-refractivity contribution in [3.05, 3.63) is 76.7 Å². The lowest BCUT2D eigenvalue weighted by Crippen LogP contribution is -1.83. The van der Waals surface area contributed by atoms with E-state index in [1.807, 2.05) is 36.4 Å². The van der Waals surface area contributed by atoms with Crippen LogP contribution in [-0.4, -0.2) is 13.4 Å². The number of benzene rings is 3. The zero-order valence-corrected chi connectivity index (χ0v) is 14.4. The van der Waals surface area contributed by atoms with Crippen molar-refractivity contribution >= 4 is 38.5 Å². The van der Waals surface area contributed by atoms with Crippen LogP contribution in [0.3, 0.4) is 0 Å². The SMILES string of the molecule is COc1ccc(C#Cc2c(C=O)sc3c2ccc2ccccc23)cc1. The van der Waals surface area contributed by atoms with Crippen molar-refractivity contribution in [2.45, 2.75) is 0 Å². The molecule has 0 saturated heterocycles. The van der Waals surface area contributed by atoms with Gasteiger partial charge in [0.25, 0.3) is 0 Å². The molecule has 0 saturated carbocycles. The second-order valence-electron chi connectivity index (χ2n) is 5.60. The zero-order chi connectivity index (χ0) is 17.2. The smallest absolute Gasteiger partial charge is 0.161 e. The Morgan fingerprint density at radius 2 is 1.72 bits per heavy atom. The van der Waals surface area contributed by atoms with Crippen molar-refractivity contribution < 1.29 is 9.53 Å². The summed E-state index contributed by atoms with van der Waals surface area (Å²) in [4.78, 5) is 12.2. The van der Waals surface area contributed by atoms with E-state index >= 15 is 0 Å². The Balaban J connectivity index is 1.87. The number of ether oxygens (including phenoxy) is 1. The fourth-order valence-corrected chi connectivity index (χ4v) is 3.97. The minimum Gasteiger partial charge on any atom is -0.497 e. The van der Waals surface area contributed by atoms with E-state index in [1.54, 1.807) is 7.11 Å². The normalized spacial score (nSPS) is 10.4. The molecule has 4 rings (SSSR count). The molecule has 0 unspecified atom stereocenters. The quantitative estimate of drug-likeness (QED) is 0.366. The van der Waals surface area contributed by atoms with Crippen LogP contribution >= 0.6 is 11.3 Å². The highest BCUT2D eigenvalue weighted by atomic mass is 32.1. The van der Waals surface area contributed by atoms with Gasteiger partial charge in [-0.3, -0.25) is 4.79 Å². The van der Waals surface area contributed by atoms with Gasteiger partial charge in [0.05, 0.1) is 17.6 Å². The lowest BCUT2D eigenvalue weighted by atomic mass is 10.0. The van der Waals surface area contributed by atoms with Crippen molar-refractivity contribution in [3.63, 3.8) is 0 Å². The first-order valence-electron chi connectivity index (χ1n) is 7.85. The van der Waals surface area contributed by atoms with Crippen LogP contribution in [0, 0.1) is 11.8 Å². The lowest BCUT2D eigenvalue weighted by Gasteiger charge is -1.99. The molecule has 0 radical (unpaired) electrons. The molecule has 2 nitrogen and oxygen atoms in total. The highest BCUT2D eigenvalue weighted by Crippen LogP contribution is 2.35. The molecule has 3 aromatic carbocycles. The number of hydrogen-bond donors (Lipinski definition) is 0. The van der Waals surface area contributed by atoms with Gasteiger partial charge in [0.2, 0.25) is 0 Å². The second kappa shape index (κ2) is 6.43. The summed E-state index contributed by atoms with van der Waals surface area (Å²) in [6.07, 6.45) is 0.900. The number of fused-ring (bicyclic) bond motifs is 3. The Morgan fingerprint density at radius 3 is 2.48 bits per heavy atom. The first kappa shape index (κ1) is 15.4. The maximum atomic E-state index is 11.6. The standard InChI is InChI=1S/C22H14O2S/c1-24-17-10-6-15(7-11-17)8-12-19-20-13-9-16-4-2-3-5-18(16)22(20)25-21(19)14-23/h2-7,9-11,13-14H,1H3. The number of thiophene rings is 1. The van der Waals surface area contributed by atoms with E-state index in [1.165, 1.54) is 16.7 Å². The van der Waals surface area contributed by atoms with E-state index in [0.29, 0.717) is 4.88 Å². The highest BCUT2D eigenvalue weighted by Gasteiger charge is 2.12. The van der Waals surface area contributed by atoms with E-state index in [4.69, 9.17) is 4.74 Å². The predicted octanol–water partition coefficient (Wildman–Crippen LogP) is 5.28. The summed E-state index contributed by atoms with van der Waals surface area (Å²) in [6.45, 7) is 0. The van der Waals surface area contributed by atoms with E-state index in [-0.39, 0.29) is 0 Å². The number of aldehydes is 1. The predicted molar refractivity (Wildman–Crippen MR) is 104 cm³/mol. The lowest BCUT2D eigenvalue weighted by molar-refractivity contribution is 0.112. The Bertz CT molecular complexity index is 1140. The maximum absolute atomic E-state index is 11.6. The van der Waals surface area contributed by atoms with E-state index < -0.39 is 0 Å². The molecule has 0 bridgehead atoms. The van der Waals surface area contributed by atoms with Crippen LogP contribution in [0.1, 0.15) is 20.8 Å². The molecular weight excluding hydrogens is 328 g/mol. The fourth-order valence-electron chi connectivity index (χ4n) is 2.86. The number of rotatable bonds is 2. The van der Waals surface area contributed by atoms with Gasteiger partial charge in [-0.05, 0) is 35.0 Å². The molecule has 0 N–H and O–H groups in total. The average molecular weight is 342 g/mol. The minimum absolute atomic E-state index is 0.673. The third-order valence-electron chi connectivity index (χ3n) is 4.14. The van der Waals surface area contributed by atoms with E-state index in [0.717, 1.165) is 38.6 Å². The molecule has 0 aliphatic carbocycles. The van der Waals surface area contributed by atoms with Crippen molar-refractivity contribution in [2.24, 2.45) is 0 Å². The Kier molecular flexibility index (Phi) is 3.97. The van der Waals surface area contributed by atoms with Crippen molar-refractivity contribution in [1.82, 2.24) is 0 Å². The topological polar surface area (TPSA) is 26.3 Å². The van der Waals surface area contributed by atoms with Crippen LogP contribution in [0.25, 0.3) is 20.9 Å². The summed E-state index contributed by atoms with van der Waals surface area (Å²) in [5.74, 6) is 7.15. The van der Waals surface area contributed by atoms with Gasteiger partial charge in [-0.25, -0.2) is 0 Å². The molecule has 1 aromatic heterocycles. The van der Waals surface area contributed by atoms with Crippen LogP contribution in [0.15, 0.2) is 60.7 Å². The summed E-state index contributed by atoms with van der Waals surface area (Å²) in [7, 11) is 1.64. The summed E-state index contributed by atoms with van der Waals surface area (Å²) < 4.78 is 6.27. The molecule has 0 aliphatic heterocycles. The van der Waals surface area contributed by atoms with E-state index in [9.17, 15) is 4.79 Å². The van der Waals surface area contributed by atoms with Crippen LogP contribution in [0.4, 0.5) is 0 Å². The average Bonchev–Trinajstić information content (AvgIpc) is 3.05. The highest BCUT2D eigenvalue weighted by molar-refractivity contribution is 7.21. The van der Waals surface area contributed by atoms with Crippen molar-refractivity contribution in [3.8, 4) is 17.6 Å². The molecule has 25 heavy (non-hydrogen) atoms. The maximum Gasteiger partial charge on any atom is 0.161 e. The van der Waals surface area contributed by atoms with Crippen LogP contribution in [0.5, 0.6) is 5.75 Å². The van der Waals surface area contributed by atoms with Gasteiger partial charge in [0.15, 0.2) is 6.29 Å². The molecule has 0 atom stereocenters. The largest absolute Gasteiger partial charge is 0.497 e. The summed E-state index contributed by atoms with van der Waals surface area (Å²) >= 11 is 1.50. The van der Waals surface area contributed by atoms with Gasteiger partial charge in [0, 0.05) is 15.6 Å². The first-order valence-corrected chi connectivity index (χ1v) is 8.67. The molecule has 0 fully saturated rings. The van der Waals surface area contributed by atoms with Gasteiger partial charge in [0.1, 0.15) is 5.75 Å². The number of methoxy groups -OCH3 is 1. The van der Waals surface area contributed by atoms with Crippen molar-refractivity contribution in [2.75, 3.05) is 7.11 Å². The molecule has 4 aromatic rings. The summed E-state index contributed by atoms with van der Waals surface area (Å²) in [5, 5.41) is 3.36. The Labute approximate surface area is 149 Å². The molecule has 0 aliphatic rings. The van der Waals surface area contributed by atoms with Crippen LogP contribution in [-0.2, 0) is 0 Å². The number of hydrogen-bond acceptors (Lipinski definition) is 3. The molecular formula is C22H14O2S. The van der Waals surface area contributed by atoms with Gasteiger partial charge >= 0.3 is 0 Å².